The minimum absolute atomic E-state index is 0.510. The van der Waals surface area contributed by atoms with Gasteiger partial charge in [-0.1, -0.05) is 30.3 Å². The molecule has 0 N–H and O–H groups in total. The molecule has 13 heavy (non-hydrogen) atoms. The topological polar surface area (TPSA) is 37.0 Å². The summed E-state index contributed by atoms with van der Waals surface area (Å²) >= 11 is 0. The molecule has 1 aromatic carbocycles. The maximum atomic E-state index is 10.7. The summed E-state index contributed by atoms with van der Waals surface area (Å²) in [6, 6.07) is 9.56. The van der Waals surface area contributed by atoms with E-state index in [0.717, 1.165) is 5.56 Å². The third kappa shape index (κ3) is 2.58. The van der Waals surface area contributed by atoms with E-state index in [1.165, 1.54) is 0 Å². The van der Waals surface area contributed by atoms with Crippen molar-refractivity contribution in [3.05, 3.63) is 35.9 Å². The van der Waals surface area contributed by atoms with E-state index in [1.54, 1.807) is 13.8 Å². The SMILES string of the molecule is CC(C)(Cc1ccccc1)C([O])=O. The molecule has 2 nitrogen and oxygen atoms in total. The molecule has 0 spiro atoms. The molecular formula is C11H13O2. The van der Waals surface area contributed by atoms with E-state index in [4.69, 9.17) is 0 Å². The number of carbonyl (C=O) groups is 1. The second-order valence-corrected chi connectivity index (χ2v) is 3.83. The van der Waals surface area contributed by atoms with Crippen LogP contribution in [0.4, 0.5) is 0 Å². The van der Waals surface area contributed by atoms with E-state index in [0.29, 0.717) is 6.42 Å². The summed E-state index contributed by atoms with van der Waals surface area (Å²) < 4.78 is 0. The summed E-state index contributed by atoms with van der Waals surface area (Å²) in [7, 11) is 0. The van der Waals surface area contributed by atoms with Gasteiger partial charge in [-0.05, 0) is 25.8 Å². The smallest absolute Gasteiger partial charge is 0.247 e. The highest BCUT2D eigenvalue weighted by molar-refractivity contribution is 5.73. The molecule has 0 bridgehead atoms. The van der Waals surface area contributed by atoms with Gasteiger partial charge in [-0.15, -0.1) is 0 Å². The lowest BCUT2D eigenvalue weighted by Crippen LogP contribution is -2.25. The first kappa shape index (κ1) is 9.78. The van der Waals surface area contributed by atoms with Crippen LogP contribution < -0.4 is 0 Å². The summed E-state index contributed by atoms with van der Waals surface area (Å²) in [5.74, 6) is -1.00. The summed E-state index contributed by atoms with van der Waals surface area (Å²) in [5.41, 5.74) is 0.234. The molecule has 69 valence electrons. The molecule has 0 aromatic heterocycles. The third-order valence-corrected chi connectivity index (χ3v) is 2.04. The Hall–Kier alpha value is -1.31. The number of hydrogen-bond acceptors (Lipinski definition) is 1. The molecule has 0 unspecified atom stereocenters. The molecule has 1 aromatic rings. The highest BCUT2D eigenvalue weighted by Gasteiger charge is 2.28. The quantitative estimate of drug-likeness (QED) is 0.697. The molecule has 0 aliphatic carbocycles. The summed E-state index contributed by atoms with van der Waals surface area (Å²) in [4.78, 5) is 10.7. The highest BCUT2D eigenvalue weighted by Crippen LogP contribution is 2.21. The number of rotatable bonds is 3. The molecule has 0 atom stereocenters. The van der Waals surface area contributed by atoms with Crippen LogP contribution in [-0.4, -0.2) is 5.97 Å². The Balaban J connectivity index is 2.75. The first-order valence-electron chi connectivity index (χ1n) is 4.28. The van der Waals surface area contributed by atoms with Crippen molar-refractivity contribution in [2.75, 3.05) is 0 Å². The second kappa shape index (κ2) is 3.60. The van der Waals surface area contributed by atoms with Crippen LogP contribution in [0.3, 0.4) is 0 Å². The zero-order chi connectivity index (χ0) is 9.90. The van der Waals surface area contributed by atoms with Crippen LogP contribution in [0, 0.1) is 5.41 Å². The lowest BCUT2D eigenvalue weighted by atomic mass is 9.86. The van der Waals surface area contributed by atoms with Gasteiger partial charge in [-0.3, -0.25) is 0 Å². The van der Waals surface area contributed by atoms with Crippen LogP contribution in [-0.2, 0) is 16.3 Å². The predicted octanol–water partition coefficient (Wildman–Crippen LogP) is 2.21. The average molecular weight is 177 g/mol. The van der Waals surface area contributed by atoms with Crippen molar-refractivity contribution in [3.8, 4) is 0 Å². The Morgan fingerprint density at radius 1 is 1.23 bits per heavy atom. The van der Waals surface area contributed by atoms with Crippen molar-refractivity contribution < 1.29 is 9.90 Å². The molecule has 0 amide bonds. The molecule has 0 fully saturated rings. The van der Waals surface area contributed by atoms with Crippen molar-refractivity contribution in [2.24, 2.45) is 5.41 Å². The van der Waals surface area contributed by atoms with Gasteiger partial charge in [0, 0.05) is 0 Å². The number of hydrogen-bond donors (Lipinski definition) is 0. The minimum atomic E-state index is -1.00. The number of benzene rings is 1. The van der Waals surface area contributed by atoms with Gasteiger partial charge in [-0.2, -0.15) is 0 Å². The average Bonchev–Trinajstić information content (AvgIpc) is 2.05. The first-order valence-corrected chi connectivity index (χ1v) is 4.28. The molecule has 0 saturated heterocycles. The standard InChI is InChI=1S/C11H13O2/c1-11(2,10(12)13)8-9-6-4-3-5-7-9/h3-7H,8H2,1-2H3. The Kier molecular flexibility index (Phi) is 2.71. The largest absolute Gasteiger partial charge is 0.361 e. The van der Waals surface area contributed by atoms with Crippen LogP contribution in [0.25, 0.3) is 0 Å². The van der Waals surface area contributed by atoms with Crippen LogP contribution in [0.5, 0.6) is 0 Å². The van der Waals surface area contributed by atoms with E-state index in [2.05, 4.69) is 0 Å². The van der Waals surface area contributed by atoms with E-state index in [1.807, 2.05) is 30.3 Å². The first-order chi connectivity index (χ1) is 6.02. The lowest BCUT2D eigenvalue weighted by molar-refractivity contribution is -0.153. The van der Waals surface area contributed by atoms with Crippen molar-refractivity contribution in [1.82, 2.24) is 0 Å². The molecule has 0 saturated carbocycles. The predicted molar refractivity (Wildman–Crippen MR) is 49.6 cm³/mol. The molecule has 0 heterocycles. The van der Waals surface area contributed by atoms with Gasteiger partial charge in [0.15, 0.2) is 0 Å². The summed E-state index contributed by atoms with van der Waals surface area (Å²) in [6.07, 6.45) is 0.510. The molecule has 0 aliphatic rings. The molecule has 1 rings (SSSR count). The Morgan fingerprint density at radius 2 is 1.77 bits per heavy atom. The van der Waals surface area contributed by atoms with Gasteiger partial charge in [0.25, 0.3) is 0 Å². The Morgan fingerprint density at radius 3 is 2.23 bits per heavy atom. The Bertz CT molecular complexity index is 288. The van der Waals surface area contributed by atoms with Gasteiger partial charge in [0.2, 0.25) is 0 Å². The van der Waals surface area contributed by atoms with Crippen LogP contribution in [0.2, 0.25) is 0 Å². The van der Waals surface area contributed by atoms with E-state index in [9.17, 15) is 9.90 Å². The van der Waals surface area contributed by atoms with Gasteiger partial charge in [-0.25, -0.2) is 9.90 Å². The Labute approximate surface area is 78.2 Å². The third-order valence-electron chi connectivity index (χ3n) is 2.04. The van der Waals surface area contributed by atoms with E-state index < -0.39 is 11.4 Å². The van der Waals surface area contributed by atoms with Crippen LogP contribution in [0.1, 0.15) is 19.4 Å². The van der Waals surface area contributed by atoms with Crippen molar-refractivity contribution in [2.45, 2.75) is 20.3 Å². The maximum Gasteiger partial charge on any atom is 0.361 e. The number of carbonyl (C=O) groups excluding carboxylic acids is 1. The molecule has 1 radical (unpaired) electrons. The summed E-state index contributed by atoms with van der Waals surface area (Å²) in [5, 5.41) is 10.7. The zero-order valence-electron chi connectivity index (χ0n) is 7.91. The fourth-order valence-electron chi connectivity index (χ4n) is 1.18. The van der Waals surface area contributed by atoms with Gasteiger partial charge < -0.3 is 0 Å². The van der Waals surface area contributed by atoms with Crippen LogP contribution in [0.15, 0.2) is 30.3 Å². The van der Waals surface area contributed by atoms with Gasteiger partial charge in [0.1, 0.15) is 0 Å². The van der Waals surface area contributed by atoms with Crippen molar-refractivity contribution in [1.29, 1.82) is 0 Å². The van der Waals surface area contributed by atoms with E-state index >= 15 is 0 Å². The van der Waals surface area contributed by atoms with Crippen molar-refractivity contribution >= 4 is 5.97 Å². The molecular weight excluding hydrogens is 164 g/mol. The van der Waals surface area contributed by atoms with Crippen molar-refractivity contribution in [3.63, 3.8) is 0 Å². The summed E-state index contributed by atoms with van der Waals surface area (Å²) in [6.45, 7) is 3.35. The monoisotopic (exact) mass is 177 g/mol. The zero-order valence-corrected chi connectivity index (χ0v) is 7.91. The maximum absolute atomic E-state index is 10.7. The van der Waals surface area contributed by atoms with Gasteiger partial charge >= 0.3 is 5.97 Å². The van der Waals surface area contributed by atoms with Crippen LogP contribution >= 0.6 is 0 Å². The second-order valence-electron chi connectivity index (χ2n) is 3.83. The fraction of sp³-hybridized carbons (Fsp3) is 0.364. The molecule has 0 aliphatic heterocycles. The fourth-order valence-corrected chi connectivity index (χ4v) is 1.18. The lowest BCUT2D eigenvalue weighted by Gasteiger charge is -2.16. The van der Waals surface area contributed by atoms with Gasteiger partial charge in [0.05, 0.1) is 5.41 Å². The minimum Gasteiger partial charge on any atom is -0.247 e. The molecule has 2 heteroatoms. The highest BCUT2D eigenvalue weighted by atomic mass is 16.4. The van der Waals surface area contributed by atoms with E-state index in [-0.39, 0.29) is 0 Å². The normalized spacial score (nSPS) is 11.2.